The molecule has 0 atom stereocenters. The molecule has 16 heavy (non-hydrogen) atoms. The maximum Gasteiger partial charge on any atom is 0.149 e. The minimum Gasteiger partial charge on any atom is -0.396 e. The highest BCUT2D eigenvalue weighted by Gasteiger charge is 2.24. The third-order valence-electron chi connectivity index (χ3n) is 2.24. The second-order valence-electron chi connectivity index (χ2n) is 4.03. The predicted octanol–water partition coefficient (Wildman–Crippen LogP) is 2.47. The van der Waals surface area contributed by atoms with Crippen LogP contribution in [0.4, 0.5) is 11.5 Å². The summed E-state index contributed by atoms with van der Waals surface area (Å²) in [6.07, 6.45) is 3.52. The first-order valence-electron chi connectivity index (χ1n) is 4.98. The van der Waals surface area contributed by atoms with Gasteiger partial charge in [0, 0.05) is 17.8 Å². The van der Waals surface area contributed by atoms with E-state index in [0.29, 0.717) is 11.5 Å². The first kappa shape index (κ1) is 10.9. The van der Waals surface area contributed by atoms with E-state index < -0.39 is 0 Å². The van der Waals surface area contributed by atoms with Crippen molar-refractivity contribution in [2.45, 2.75) is 19.4 Å². The molecule has 0 unspecified atom stereocenters. The molecule has 0 fully saturated rings. The zero-order valence-corrected chi connectivity index (χ0v) is 10.1. The zero-order chi connectivity index (χ0) is 11.6. The van der Waals surface area contributed by atoms with Gasteiger partial charge in [0.15, 0.2) is 0 Å². The Morgan fingerprint density at radius 1 is 1.31 bits per heavy atom. The predicted molar refractivity (Wildman–Crippen MR) is 67.4 cm³/mol. The first-order valence-corrected chi connectivity index (χ1v) is 5.86. The summed E-state index contributed by atoms with van der Waals surface area (Å²) in [4.78, 5) is 8.52. The van der Waals surface area contributed by atoms with E-state index in [0.717, 1.165) is 5.01 Å². The zero-order valence-electron chi connectivity index (χ0n) is 9.27. The van der Waals surface area contributed by atoms with Crippen LogP contribution in [0, 0.1) is 0 Å². The number of nitrogen functional groups attached to an aromatic ring is 1. The minimum atomic E-state index is -0.267. The second kappa shape index (κ2) is 4.09. The Hall–Kier alpha value is -1.62. The van der Waals surface area contributed by atoms with E-state index in [-0.39, 0.29) is 5.54 Å². The van der Waals surface area contributed by atoms with Crippen LogP contribution in [-0.2, 0) is 5.54 Å². The van der Waals surface area contributed by atoms with Gasteiger partial charge in [0.05, 0.1) is 11.2 Å². The average Bonchev–Trinajstić information content (AvgIpc) is 2.75. The Bertz CT molecular complexity index is 465. The highest BCUT2D eigenvalue weighted by Crippen LogP contribution is 2.28. The first-order chi connectivity index (χ1) is 7.59. The van der Waals surface area contributed by atoms with Gasteiger partial charge in [-0.05, 0) is 26.0 Å². The number of rotatable bonds is 3. The molecule has 0 saturated heterocycles. The van der Waals surface area contributed by atoms with Gasteiger partial charge in [-0.25, -0.2) is 9.97 Å². The Kier molecular flexibility index (Phi) is 2.78. The highest BCUT2D eigenvalue weighted by atomic mass is 32.1. The number of hydrogen-bond donors (Lipinski definition) is 2. The topological polar surface area (TPSA) is 63.8 Å². The van der Waals surface area contributed by atoms with E-state index in [9.17, 15) is 0 Å². The lowest BCUT2D eigenvalue weighted by Gasteiger charge is -2.25. The maximum absolute atomic E-state index is 5.84. The second-order valence-corrected chi connectivity index (χ2v) is 4.92. The number of nitrogens with one attached hydrogen (secondary N) is 1. The van der Waals surface area contributed by atoms with Crippen LogP contribution < -0.4 is 11.1 Å². The van der Waals surface area contributed by atoms with Crippen LogP contribution in [-0.4, -0.2) is 9.97 Å². The quantitative estimate of drug-likeness (QED) is 0.856. The van der Waals surface area contributed by atoms with Crippen molar-refractivity contribution in [2.75, 3.05) is 11.1 Å². The van der Waals surface area contributed by atoms with Crippen LogP contribution in [0.25, 0.3) is 0 Å². The van der Waals surface area contributed by atoms with Gasteiger partial charge in [0.25, 0.3) is 0 Å². The van der Waals surface area contributed by atoms with Gasteiger partial charge in [-0.15, -0.1) is 11.3 Å². The van der Waals surface area contributed by atoms with Crippen LogP contribution in [0.5, 0.6) is 0 Å². The molecule has 0 aliphatic carbocycles. The highest BCUT2D eigenvalue weighted by molar-refractivity contribution is 7.09. The van der Waals surface area contributed by atoms with E-state index in [2.05, 4.69) is 29.1 Å². The van der Waals surface area contributed by atoms with Crippen LogP contribution in [0.1, 0.15) is 18.9 Å². The molecule has 2 heterocycles. The summed E-state index contributed by atoms with van der Waals surface area (Å²) in [5.74, 6) is 0.697. The molecule has 2 aromatic rings. The molecule has 4 nitrogen and oxygen atoms in total. The summed E-state index contributed by atoms with van der Waals surface area (Å²) in [6.45, 7) is 4.11. The monoisotopic (exact) mass is 234 g/mol. The van der Waals surface area contributed by atoms with E-state index in [4.69, 9.17) is 5.73 Å². The summed E-state index contributed by atoms with van der Waals surface area (Å²) in [5, 5.41) is 6.27. The molecule has 2 aromatic heterocycles. The van der Waals surface area contributed by atoms with Gasteiger partial charge < -0.3 is 11.1 Å². The summed E-state index contributed by atoms with van der Waals surface area (Å²) in [6, 6.07) is 3.64. The van der Waals surface area contributed by atoms with Crippen molar-refractivity contribution in [3.8, 4) is 0 Å². The molecule has 3 N–H and O–H groups in total. The van der Waals surface area contributed by atoms with Crippen molar-refractivity contribution in [1.82, 2.24) is 9.97 Å². The number of nitrogens with two attached hydrogens (primary N) is 1. The number of nitrogens with zero attached hydrogens (tertiary/aromatic N) is 2. The molecule has 0 bridgehead atoms. The molecule has 2 rings (SSSR count). The molecular weight excluding hydrogens is 220 g/mol. The fourth-order valence-corrected chi connectivity index (χ4v) is 2.12. The summed E-state index contributed by atoms with van der Waals surface area (Å²) >= 11 is 1.61. The summed E-state index contributed by atoms with van der Waals surface area (Å²) in [7, 11) is 0. The lowest BCUT2D eigenvalue weighted by atomic mass is 10.1. The van der Waals surface area contributed by atoms with E-state index in [1.165, 1.54) is 0 Å². The number of thiazole rings is 1. The summed E-state index contributed by atoms with van der Waals surface area (Å²) in [5.41, 5.74) is 6.22. The standard InChI is InChI=1S/C11H14N4S/c1-11(2,10-14-6-7-16-10)15-9-8(12)4-3-5-13-9/h3-7H,12H2,1-2H3,(H,13,15). The van der Waals surface area contributed by atoms with Gasteiger partial charge >= 0.3 is 0 Å². The van der Waals surface area contributed by atoms with Crippen molar-refractivity contribution in [3.63, 3.8) is 0 Å². The minimum absolute atomic E-state index is 0.267. The maximum atomic E-state index is 5.84. The normalized spacial score (nSPS) is 11.4. The molecule has 0 radical (unpaired) electrons. The van der Waals surface area contributed by atoms with Gasteiger partial charge in [-0.1, -0.05) is 0 Å². The molecular formula is C11H14N4S. The van der Waals surface area contributed by atoms with E-state index in [1.807, 2.05) is 17.5 Å². The van der Waals surface area contributed by atoms with Crippen LogP contribution in [0.2, 0.25) is 0 Å². The smallest absolute Gasteiger partial charge is 0.149 e. The van der Waals surface area contributed by atoms with Crippen LogP contribution in [0.15, 0.2) is 29.9 Å². The van der Waals surface area contributed by atoms with Crippen molar-refractivity contribution in [1.29, 1.82) is 0 Å². The fourth-order valence-electron chi connectivity index (χ4n) is 1.40. The Balaban J connectivity index is 2.25. The molecule has 0 spiro atoms. The van der Waals surface area contributed by atoms with Crippen molar-refractivity contribution in [3.05, 3.63) is 34.9 Å². The molecule has 84 valence electrons. The largest absolute Gasteiger partial charge is 0.396 e. The molecule has 0 aliphatic rings. The fraction of sp³-hybridized carbons (Fsp3) is 0.273. The molecule has 0 amide bonds. The van der Waals surface area contributed by atoms with Crippen molar-refractivity contribution >= 4 is 22.8 Å². The number of anilines is 2. The van der Waals surface area contributed by atoms with Crippen molar-refractivity contribution < 1.29 is 0 Å². The number of hydrogen-bond acceptors (Lipinski definition) is 5. The average molecular weight is 234 g/mol. The molecule has 0 saturated carbocycles. The Labute approximate surface area is 98.6 Å². The third-order valence-corrected chi connectivity index (χ3v) is 3.33. The number of aromatic nitrogens is 2. The van der Waals surface area contributed by atoms with Crippen LogP contribution >= 0.6 is 11.3 Å². The van der Waals surface area contributed by atoms with Gasteiger partial charge in [0.2, 0.25) is 0 Å². The van der Waals surface area contributed by atoms with E-state index >= 15 is 0 Å². The number of pyridine rings is 1. The molecule has 5 heteroatoms. The van der Waals surface area contributed by atoms with Gasteiger partial charge in [-0.2, -0.15) is 0 Å². The van der Waals surface area contributed by atoms with Crippen LogP contribution in [0.3, 0.4) is 0 Å². The van der Waals surface area contributed by atoms with Gasteiger partial charge in [0.1, 0.15) is 10.8 Å². The molecule has 0 aromatic carbocycles. The lowest BCUT2D eigenvalue weighted by Crippen LogP contribution is -2.28. The van der Waals surface area contributed by atoms with E-state index in [1.54, 1.807) is 23.7 Å². The Morgan fingerprint density at radius 3 is 2.75 bits per heavy atom. The lowest BCUT2D eigenvalue weighted by molar-refractivity contribution is 0.601. The van der Waals surface area contributed by atoms with Gasteiger partial charge in [-0.3, -0.25) is 0 Å². The third kappa shape index (κ3) is 2.14. The Morgan fingerprint density at radius 2 is 2.12 bits per heavy atom. The SMILES string of the molecule is CC(C)(Nc1ncccc1N)c1nccs1. The molecule has 0 aliphatic heterocycles. The van der Waals surface area contributed by atoms with Crippen molar-refractivity contribution in [2.24, 2.45) is 0 Å². The summed E-state index contributed by atoms with van der Waals surface area (Å²) < 4.78 is 0.